The Kier molecular flexibility index (Phi) is 5.78. The second kappa shape index (κ2) is 8.23. The Labute approximate surface area is 153 Å². The number of imidazole rings is 1. The molecule has 2 unspecified atom stereocenters. The molecule has 1 amide bonds. The van der Waals surface area contributed by atoms with E-state index < -0.39 is 6.09 Å². The standard InChI is InChI=1S/C19H26N4O3/c1-12-4-3-5-15(20)18-21-11-16(23-18)14-7-6-13(22-19(24)25-2)10-17(14)26-9-8-12/h6-7,10-12,15H,3-5,8-9,20H2,1-2H3,(H,21,23)(H,22,24). The number of carbonyl (C=O) groups is 1. The van der Waals surface area contributed by atoms with Gasteiger partial charge in [0.1, 0.15) is 11.6 Å². The topological polar surface area (TPSA) is 102 Å². The summed E-state index contributed by atoms with van der Waals surface area (Å²) in [7, 11) is 1.33. The summed E-state index contributed by atoms with van der Waals surface area (Å²) in [6.45, 7) is 2.85. The monoisotopic (exact) mass is 358 g/mol. The molecule has 0 radical (unpaired) electrons. The minimum absolute atomic E-state index is 0.0960. The third-order valence-corrected chi connectivity index (χ3v) is 4.73. The lowest BCUT2D eigenvalue weighted by Crippen LogP contribution is -2.12. The second-order valence-electron chi connectivity index (χ2n) is 6.79. The van der Waals surface area contributed by atoms with Crippen molar-refractivity contribution in [2.45, 2.75) is 38.6 Å². The molecule has 0 aliphatic carbocycles. The van der Waals surface area contributed by atoms with Gasteiger partial charge in [-0.2, -0.15) is 0 Å². The van der Waals surface area contributed by atoms with Crippen molar-refractivity contribution in [1.82, 2.24) is 9.97 Å². The third-order valence-electron chi connectivity index (χ3n) is 4.73. The highest BCUT2D eigenvalue weighted by atomic mass is 16.5. The van der Waals surface area contributed by atoms with E-state index in [4.69, 9.17) is 10.5 Å². The number of methoxy groups -OCH3 is 1. The quantitative estimate of drug-likeness (QED) is 0.719. The molecule has 2 aromatic rings. The van der Waals surface area contributed by atoms with Gasteiger partial charge in [-0.25, -0.2) is 9.78 Å². The molecule has 1 aliphatic rings. The Hall–Kier alpha value is -2.54. The zero-order valence-electron chi connectivity index (χ0n) is 15.2. The molecular formula is C19H26N4O3. The van der Waals surface area contributed by atoms with E-state index in [2.05, 4.69) is 26.9 Å². The van der Waals surface area contributed by atoms with E-state index in [1.165, 1.54) is 7.11 Å². The number of hydrogen-bond donors (Lipinski definition) is 3. The van der Waals surface area contributed by atoms with E-state index in [1.54, 1.807) is 18.3 Å². The number of ether oxygens (including phenoxy) is 2. The number of amides is 1. The highest BCUT2D eigenvalue weighted by Gasteiger charge is 2.17. The maximum Gasteiger partial charge on any atom is 0.411 e. The third kappa shape index (κ3) is 4.35. The van der Waals surface area contributed by atoms with Gasteiger partial charge in [-0.1, -0.05) is 19.8 Å². The number of nitrogens with one attached hydrogen (secondary N) is 2. The summed E-state index contributed by atoms with van der Waals surface area (Å²) < 4.78 is 10.7. The first-order chi connectivity index (χ1) is 12.6. The lowest BCUT2D eigenvalue weighted by molar-refractivity contribution is 0.187. The minimum atomic E-state index is -0.516. The normalized spacial score (nSPS) is 20.6. The molecule has 0 spiro atoms. The first-order valence-electron chi connectivity index (χ1n) is 8.99. The van der Waals surface area contributed by atoms with Crippen molar-refractivity contribution >= 4 is 11.8 Å². The van der Waals surface area contributed by atoms with Crippen LogP contribution < -0.4 is 15.8 Å². The summed E-state index contributed by atoms with van der Waals surface area (Å²) in [5, 5.41) is 2.67. The summed E-state index contributed by atoms with van der Waals surface area (Å²) in [4.78, 5) is 19.2. The molecule has 0 fully saturated rings. The summed E-state index contributed by atoms with van der Waals surface area (Å²) in [6, 6.07) is 5.41. The number of hydrogen-bond acceptors (Lipinski definition) is 5. The number of nitrogens with two attached hydrogens (primary N) is 1. The van der Waals surface area contributed by atoms with Crippen LogP contribution in [-0.4, -0.2) is 29.8 Å². The van der Waals surface area contributed by atoms with Crippen LogP contribution in [0.25, 0.3) is 11.3 Å². The van der Waals surface area contributed by atoms with E-state index >= 15 is 0 Å². The van der Waals surface area contributed by atoms with Crippen LogP contribution in [0.15, 0.2) is 24.4 Å². The zero-order valence-corrected chi connectivity index (χ0v) is 15.2. The molecule has 0 saturated carbocycles. The van der Waals surface area contributed by atoms with Crippen LogP contribution in [0.4, 0.5) is 10.5 Å². The van der Waals surface area contributed by atoms with Crippen molar-refractivity contribution in [3.63, 3.8) is 0 Å². The van der Waals surface area contributed by atoms with Gasteiger partial charge in [0.2, 0.25) is 0 Å². The molecule has 1 aliphatic heterocycles. The second-order valence-corrected chi connectivity index (χ2v) is 6.79. The molecule has 7 nitrogen and oxygen atoms in total. The molecule has 3 rings (SSSR count). The summed E-state index contributed by atoms with van der Waals surface area (Å²) in [5.41, 5.74) is 8.63. The first kappa shape index (κ1) is 18.3. The maximum absolute atomic E-state index is 11.5. The molecule has 140 valence electrons. The Morgan fingerprint density at radius 1 is 1.38 bits per heavy atom. The van der Waals surface area contributed by atoms with E-state index in [1.807, 2.05) is 6.07 Å². The average molecular weight is 358 g/mol. The van der Waals surface area contributed by atoms with Crippen molar-refractivity contribution in [1.29, 1.82) is 0 Å². The molecule has 7 heteroatoms. The Bertz CT molecular complexity index is 759. The Morgan fingerprint density at radius 2 is 2.23 bits per heavy atom. The van der Waals surface area contributed by atoms with Gasteiger partial charge < -0.3 is 20.2 Å². The maximum atomic E-state index is 11.5. The van der Waals surface area contributed by atoms with Gasteiger partial charge in [0, 0.05) is 17.3 Å². The Morgan fingerprint density at radius 3 is 3.04 bits per heavy atom. The van der Waals surface area contributed by atoms with Crippen LogP contribution in [0.2, 0.25) is 0 Å². The summed E-state index contributed by atoms with van der Waals surface area (Å²) >= 11 is 0. The van der Waals surface area contributed by atoms with Gasteiger partial charge in [-0.3, -0.25) is 5.32 Å². The van der Waals surface area contributed by atoms with Gasteiger partial charge in [-0.15, -0.1) is 0 Å². The summed E-state index contributed by atoms with van der Waals surface area (Å²) in [5.74, 6) is 2.04. The van der Waals surface area contributed by atoms with E-state index in [0.717, 1.165) is 42.8 Å². The van der Waals surface area contributed by atoms with Gasteiger partial charge in [0.25, 0.3) is 0 Å². The number of aromatic amines is 1. The number of nitrogens with zero attached hydrogens (tertiary/aromatic N) is 1. The van der Waals surface area contributed by atoms with Crippen LogP contribution in [-0.2, 0) is 4.74 Å². The lowest BCUT2D eigenvalue weighted by atomic mass is 9.99. The number of carbonyl (C=O) groups excluding carboxylic acids is 1. The van der Waals surface area contributed by atoms with Crippen molar-refractivity contribution in [2.75, 3.05) is 19.0 Å². The number of benzene rings is 1. The molecule has 2 atom stereocenters. The fourth-order valence-electron chi connectivity index (χ4n) is 3.11. The predicted molar refractivity (Wildman–Crippen MR) is 100 cm³/mol. The van der Waals surface area contributed by atoms with Crippen molar-refractivity contribution < 1.29 is 14.3 Å². The molecule has 1 aromatic heterocycles. The molecule has 1 aromatic carbocycles. The Balaban J connectivity index is 1.93. The molecule has 26 heavy (non-hydrogen) atoms. The molecule has 2 heterocycles. The van der Waals surface area contributed by atoms with Crippen LogP contribution in [0.5, 0.6) is 5.75 Å². The molecule has 0 saturated heterocycles. The predicted octanol–water partition coefficient (Wildman–Crippen LogP) is 3.84. The van der Waals surface area contributed by atoms with E-state index in [9.17, 15) is 4.79 Å². The number of rotatable bonds is 1. The number of anilines is 1. The van der Waals surface area contributed by atoms with E-state index in [-0.39, 0.29) is 6.04 Å². The summed E-state index contributed by atoms with van der Waals surface area (Å²) in [6.07, 6.45) is 5.32. The van der Waals surface area contributed by atoms with Crippen LogP contribution >= 0.6 is 0 Å². The van der Waals surface area contributed by atoms with Crippen molar-refractivity contribution in [3.05, 3.63) is 30.2 Å². The average Bonchev–Trinajstić information content (AvgIpc) is 3.11. The SMILES string of the molecule is COC(=O)Nc1ccc2c(c1)OCCC(C)CCCC(N)c1ncc-2[nH]1. The van der Waals surface area contributed by atoms with Gasteiger partial charge >= 0.3 is 6.09 Å². The van der Waals surface area contributed by atoms with Crippen LogP contribution in [0.1, 0.15) is 44.5 Å². The van der Waals surface area contributed by atoms with Crippen molar-refractivity contribution in [3.8, 4) is 17.0 Å². The zero-order chi connectivity index (χ0) is 18.5. The molecular weight excluding hydrogens is 332 g/mol. The smallest absolute Gasteiger partial charge is 0.411 e. The van der Waals surface area contributed by atoms with E-state index in [0.29, 0.717) is 24.0 Å². The largest absolute Gasteiger partial charge is 0.493 e. The van der Waals surface area contributed by atoms with Gasteiger partial charge in [0.15, 0.2) is 0 Å². The number of aromatic nitrogens is 2. The first-order valence-corrected chi connectivity index (χ1v) is 8.99. The van der Waals surface area contributed by atoms with Crippen LogP contribution in [0.3, 0.4) is 0 Å². The lowest BCUT2D eigenvalue weighted by Gasteiger charge is -2.15. The van der Waals surface area contributed by atoms with Crippen LogP contribution in [0, 0.1) is 5.92 Å². The highest BCUT2D eigenvalue weighted by Crippen LogP contribution is 2.33. The fraction of sp³-hybridized carbons (Fsp3) is 0.474. The highest BCUT2D eigenvalue weighted by molar-refractivity contribution is 5.86. The van der Waals surface area contributed by atoms with Crippen molar-refractivity contribution in [2.24, 2.45) is 11.7 Å². The van der Waals surface area contributed by atoms with Gasteiger partial charge in [-0.05, 0) is 30.9 Å². The minimum Gasteiger partial charge on any atom is -0.493 e. The number of H-pyrrole nitrogens is 1. The molecule has 4 N–H and O–H groups in total. The molecule has 2 bridgehead atoms. The number of fused-ring (bicyclic) bond motifs is 4. The van der Waals surface area contributed by atoms with Gasteiger partial charge in [0.05, 0.1) is 31.6 Å². The fourth-order valence-corrected chi connectivity index (χ4v) is 3.11.